The monoisotopic (exact) mass is 497 g/mol. The van der Waals surface area contributed by atoms with E-state index in [9.17, 15) is 4.79 Å². The number of aliphatic imine (C=N–C) groups is 1. The van der Waals surface area contributed by atoms with Crippen molar-refractivity contribution in [2.45, 2.75) is 45.1 Å². The van der Waals surface area contributed by atoms with Gasteiger partial charge in [-0.1, -0.05) is 39.0 Å². The summed E-state index contributed by atoms with van der Waals surface area (Å²) < 4.78 is 5.79. The number of halogens is 1. The van der Waals surface area contributed by atoms with Crippen LogP contribution in [0.15, 0.2) is 39.9 Å². The van der Waals surface area contributed by atoms with E-state index in [-0.39, 0.29) is 41.2 Å². The summed E-state index contributed by atoms with van der Waals surface area (Å²) in [6, 6.07) is 7.91. The van der Waals surface area contributed by atoms with Gasteiger partial charge in [-0.15, -0.1) is 24.0 Å². The number of aromatic nitrogens is 1. The van der Waals surface area contributed by atoms with Gasteiger partial charge in [-0.2, -0.15) is 0 Å². The molecule has 0 radical (unpaired) electrons. The predicted octanol–water partition coefficient (Wildman–Crippen LogP) is 3.38. The maximum Gasteiger partial charge on any atom is 0.225 e. The molecule has 1 aliphatic heterocycles. The Kier molecular flexibility index (Phi) is 7.45. The van der Waals surface area contributed by atoms with Crippen molar-refractivity contribution in [3.63, 3.8) is 0 Å². The number of fused-ring (bicyclic) bond motifs is 1. The largest absolute Gasteiger partial charge is 0.443 e. The van der Waals surface area contributed by atoms with Crippen LogP contribution in [0.4, 0.5) is 5.69 Å². The van der Waals surface area contributed by atoms with E-state index in [0.717, 1.165) is 17.0 Å². The highest BCUT2D eigenvalue weighted by Gasteiger charge is 2.25. The maximum absolute atomic E-state index is 11.9. The summed E-state index contributed by atoms with van der Waals surface area (Å²) in [5.74, 6) is 2.26. The zero-order chi connectivity index (χ0) is 19.4. The molecular formula is C20H28IN5O2. The van der Waals surface area contributed by atoms with E-state index in [1.807, 2.05) is 18.2 Å². The molecule has 7 nitrogen and oxygen atoms in total. The van der Waals surface area contributed by atoms with E-state index in [4.69, 9.17) is 4.42 Å². The van der Waals surface area contributed by atoms with Crippen LogP contribution in [0.1, 0.15) is 50.3 Å². The minimum Gasteiger partial charge on any atom is -0.443 e. The Morgan fingerprint density at radius 1 is 1.32 bits per heavy atom. The number of benzene rings is 1. The van der Waals surface area contributed by atoms with Gasteiger partial charge in [0.25, 0.3) is 0 Å². The smallest absolute Gasteiger partial charge is 0.225 e. The Morgan fingerprint density at radius 3 is 2.75 bits per heavy atom. The molecule has 1 unspecified atom stereocenters. The molecular weight excluding hydrogens is 469 g/mol. The van der Waals surface area contributed by atoms with E-state index in [1.165, 1.54) is 0 Å². The highest BCUT2D eigenvalue weighted by Crippen LogP contribution is 2.31. The van der Waals surface area contributed by atoms with Crippen molar-refractivity contribution in [1.82, 2.24) is 15.6 Å². The van der Waals surface area contributed by atoms with E-state index in [1.54, 1.807) is 13.2 Å². The summed E-state index contributed by atoms with van der Waals surface area (Å²) in [5.41, 5.74) is 1.96. The number of carbonyl (C=O) groups is 1. The molecule has 3 N–H and O–H groups in total. The number of hydrogen-bond acceptors (Lipinski definition) is 4. The highest BCUT2D eigenvalue weighted by molar-refractivity contribution is 14.0. The summed E-state index contributed by atoms with van der Waals surface area (Å²) in [7, 11) is 1.72. The third-order valence-electron chi connectivity index (χ3n) is 4.55. The summed E-state index contributed by atoms with van der Waals surface area (Å²) in [6.07, 6.45) is 2.22. The lowest BCUT2D eigenvalue weighted by Gasteiger charge is -2.26. The number of nitrogens with one attached hydrogen (secondary N) is 3. The van der Waals surface area contributed by atoms with Crippen LogP contribution in [0.3, 0.4) is 0 Å². The quantitative estimate of drug-likeness (QED) is 0.342. The van der Waals surface area contributed by atoms with Crippen molar-refractivity contribution in [3.05, 3.63) is 47.7 Å². The Morgan fingerprint density at radius 2 is 2.07 bits per heavy atom. The van der Waals surface area contributed by atoms with Gasteiger partial charge < -0.3 is 20.4 Å². The van der Waals surface area contributed by atoms with Crippen LogP contribution in [0.25, 0.3) is 0 Å². The fraction of sp³-hybridized carbons (Fsp3) is 0.450. The zero-order valence-corrected chi connectivity index (χ0v) is 19.0. The van der Waals surface area contributed by atoms with Crippen LogP contribution in [-0.2, 0) is 16.8 Å². The van der Waals surface area contributed by atoms with Gasteiger partial charge in [-0.05, 0) is 11.6 Å². The molecule has 0 saturated carbocycles. The minimum atomic E-state index is -0.0693. The summed E-state index contributed by atoms with van der Waals surface area (Å²) in [5, 5.41) is 9.42. The lowest BCUT2D eigenvalue weighted by atomic mass is 9.90. The second-order valence-electron chi connectivity index (χ2n) is 7.71. The zero-order valence-electron chi connectivity index (χ0n) is 16.7. The van der Waals surface area contributed by atoms with Gasteiger partial charge in [-0.25, -0.2) is 4.98 Å². The van der Waals surface area contributed by atoms with Gasteiger partial charge in [0.1, 0.15) is 5.76 Å². The van der Waals surface area contributed by atoms with Crippen LogP contribution in [-0.4, -0.2) is 30.4 Å². The predicted molar refractivity (Wildman–Crippen MR) is 121 cm³/mol. The summed E-state index contributed by atoms with van der Waals surface area (Å²) in [6.45, 7) is 7.32. The molecule has 1 aliphatic rings. The second kappa shape index (κ2) is 9.40. The van der Waals surface area contributed by atoms with Crippen molar-refractivity contribution < 1.29 is 9.21 Å². The van der Waals surface area contributed by atoms with Crippen LogP contribution in [0.2, 0.25) is 0 Å². The lowest BCUT2D eigenvalue weighted by molar-refractivity contribution is -0.116. The molecule has 0 saturated heterocycles. The van der Waals surface area contributed by atoms with E-state index in [2.05, 4.69) is 52.8 Å². The van der Waals surface area contributed by atoms with E-state index >= 15 is 0 Å². The summed E-state index contributed by atoms with van der Waals surface area (Å²) in [4.78, 5) is 20.5. The average molecular weight is 497 g/mol. The molecule has 1 aromatic heterocycles. The SMILES string of the molecule is CN=C(NCc1ncc(C(C)(C)C)o1)NCC1CC(=O)Nc2ccccc21.I. The minimum absolute atomic E-state index is 0. The number of anilines is 1. The first kappa shape index (κ1) is 22.2. The standard InChI is InChI=1S/C20H27N5O2.HI/c1-20(2,3)16-11-22-18(27-16)12-24-19(21-4)23-10-13-9-17(26)25-15-8-6-5-7-14(13)15;/h5-8,11,13H,9-10,12H2,1-4H3,(H,25,26)(H2,21,23,24);1H. The average Bonchev–Trinajstić information content (AvgIpc) is 3.11. The van der Waals surface area contributed by atoms with Crippen LogP contribution < -0.4 is 16.0 Å². The van der Waals surface area contributed by atoms with Crippen LogP contribution in [0.5, 0.6) is 0 Å². The van der Waals surface area contributed by atoms with E-state index in [0.29, 0.717) is 31.4 Å². The molecule has 0 spiro atoms. The molecule has 1 amide bonds. The first-order valence-corrected chi connectivity index (χ1v) is 9.15. The lowest BCUT2D eigenvalue weighted by Crippen LogP contribution is -2.40. The third-order valence-corrected chi connectivity index (χ3v) is 4.55. The molecule has 2 heterocycles. The van der Waals surface area contributed by atoms with E-state index < -0.39 is 0 Å². The normalized spacial score (nSPS) is 16.6. The first-order chi connectivity index (χ1) is 12.9. The Hall–Kier alpha value is -2.10. The molecule has 152 valence electrons. The highest BCUT2D eigenvalue weighted by atomic mass is 127. The molecule has 0 aliphatic carbocycles. The number of hydrogen-bond donors (Lipinski definition) is 3. The Labute approximate surface area is 182 Å². The number of oxazole rings is 1. The Bertz CT molecular complexity index is 841. The van der Waals surface area contributed by atoms with Gasteiger partial charge >= 0.3 is 0 Å². The number of para-hydroxylation sites is 1. The Balaban J connectivity index is 0.00000280. The number of rotatable bonds is 4. The van der Waals surface area contributed by atoms with Gasteiger partial charge in [0.05, 0.1) is 12.7 Å². The van der Waals surface area contributed by atoms with Gasteiger partial charge in [0.15, 0.2) is 5.96 Å². The molecule has 0 bridgehead atoms. The summed E-state index contributed by atoms with van der Waals surface area (Å²) >= 11 is 0. The van der Waals surface area contributed by atoms with Gasteiger partial charge in [0.2, 0.25) is 11.8 Å². The molecule has 1 atom stereocenters. The van der Waals surface area contributed by atoms with Crippen molar-refractivity contribution in [2.24, 2.45) is 4.99 Å². The van der Waals surface area contributed by atoms with Crippen molar-refractivity contribution in [3.8, 4) is 0 Å². The second-order valence-corrected chi connectivity index (χ2v) is 7.71. The van der Waals surface area contributed by atoms with Gasteiger partial charge in [-0.3, -0.25) is 9.79 Å². The van der Waals surface area contributed by atoms with Crippen molar-refractivity contribution >= 4 is 41.5 Å². The van der Waals surface area contributed by atoms with Crippen molar-refractivity contribution in [1.29, 1.82) is 0 Å². The number of guanidine groups is 1. The van der Waals surface area contributed by atoms with Crippen molar-refractivity contribution in [2.75, 3.05) is 18.9 Å². The molecule has 3 rings (SSSR count). The maximum atomic E-state index is 11.9. The van der Waals surface area contributed by atoms with Gasteiger partial charge in [0, 0.05) is 37.0 Å². The molecule has 2 aromatic rings. The molecule has 28 heavy (non-hydrogen) atoms. The van der Waals surface area contributed by atoms with Crippen LogP contribution in [0, 0.1) is 0 Å². The molecule has 8 heteroatoms. The number of carbonyl (C=O) groups excluding carboxylic acids is 1. The fourth-order valence-corrected chi connectivity index (χ4v) is 3.02. The molecule has 1 aromatic carbocycles. The van der Waals surface area contributed by atoms with Crippen LogP contribution >= 0.6 is 24.0 Å². The fourth-order valence-electron chi connectivity index (χ4n) is 3.02. The first-order valence-electron chi connectivity index (χ1n) is 9.15. The number of nitrogens with zero attached hydrogens (tertiary/aromatic N) is 2. The number of amides is 1. The topological polar surface area (TPSA) is 91.6 Å². The third kappa shape index (κ3) is 5.46. The molecule has 0 fully saturated rings.